The molecule has 0 unspecified atom stereocenters. The third-order valence-corrected chi connectivity index (χ3v) is 1.33. The summed E-state index contributed by atoms with van der Waals surface area (Å²) in [7, 11) is 1.55. The van der Waals surface area contributed by atoms with E-state index in [1.807, 2.05) is 0 Å². The average molecular weight is 156 g/mol. The van der Waals surface area contributed by atoms with Crippen molar-refractivity contribution in [1.29, 1.82) is 0 Å². The minimum atomic E-state index is 0.501. The molecular formula is C9H16O2. The molecule has 0 heterocycles. The molecule has 0 aromatic carbocycles. The van der Waals surface area contributed by atoms with E-state index in [0.717, 1.165) is 12.8 Å². The van der Waals surface area contributed by atoms with Crippen LogP contribution in [0.5, 0.6) is 0 Å². The summed E-state index contributed by atoms with van der Waals surface area (Å²) in [5.74, 6) is 1.03. The fraction of sp³-hybridized carbons (Fsp3) is 0.556. The summed E-state index contributed by atoms with van der Waals surface area (Å²) in [4.78, 5) is 0. The van der Waals surface area contributed by atoms with Crippen LogP contribution in [0.3, 0.4) is 0 Å². The molecule has 0 radical (unpaired) electrons. The van der Waals surface area contributed by atoms with Crippen molar-refractivity contribution < 1.29 is 9.47 Å². The third-order valence-electron chi connectivity index (χ3n) is 1.33. The Morgan fingerprint density at radius 2 is 1.91 bits per heavy atom. The van der Waals surface area contributed by atoms with Gasteiger partial charge in [0.05, 0.1) is 13.7 Å². The maximum Gasteiger partial charge on any atom is 0.153 e. The first kappa shape index (κ1) is 10.1. The molecule has 0 amide bonds. The van der Waals surface area contributed by atoms with Crippen molar-refractivity contribution in [1.82, 2.24) is 0 Å². The molecule has 2 heteroatoms. The minimum Gasteiger partial charge on any atom is -0.494 e. The quantitative estimate of drug-likeness (QED) is 0.334. The minimum absolute atomic E-state index is 0.501. The zero-order valence-electron chi connectivity index (χ0n) is 7.35. The second kappa shape index (κ2) is 5.83. The Morgan fingerprint density at radius 3 is 2.36 bits per heavy atom. The first-order chi connectivity index (χ1) is 5.22. The van der Waals surface area contributed by atoms with Crippen molar-refractivity contribution in [3.8, 4) is 0 Å². The van der Waals surface area contributed by atoms with Crippen molar-refractivity contribution in [2.45, 2.75) is 19.8 Å². The second-order valence-corrected chi connectivity index (χ2v) is 2.25. The highest BCUT2D eigenvalue weighted by molar-refractivity contribution is 5.11. The third kappa shape index (κ3) is 4.48. The van der Waals surface area contributed by atoms with Gasteiger partial charge in [-0.25, -0.2) is 0 Å². The fourth-order valence-electron chi connectivity index (χ4n) is 0.534. The van der Waals surface area contributed by atoms with E-state index in [1.165, 1.54) is 0 Å². The molecular weight excluding hydrogens is 140 g/mol. The number of rotatable bonds is 6. The lowest BCUT2D eigenvalue weighted by atomic mass is 10.3. The molecule has 0 spiro atoms. The number of methoxy groups -OCH3 is 1. The Labute approximate surface area is 68.5 Å². The highest BCUT2D eigenvalue weighted by Gasteiger charge is 1.98. The average Bonchev–Trinajstić information content (AvgIpc) is 2.03. The van der Waals surface area contributed by atoms with Gasteiger partial charge in [-0.15, -0.1) is 0 Å². The van der Waals surface area contributed by atoms with Gasteiger partial charge in [-0.2, -0.15) is 0 Å². The van der Waals surface area contributed by atoms with Crippen LogP contribution in [0.1, 0.15) is 19.8 Å². The van der Waals surface area contributed by atoms with Gasteiger partial charge in [0, 0.05) is 0 Å². The van der Waals surface area contributed by atoms with Crippen LogP contribution >= 0.6 is 0 Å². The Bertz CT molecular complexity index is 138. The second-order valence-electron chi connectivity index (χ2n) is 2.25. The zero-order chi connectivity index (χ0) is 8.69. The highest BCUT2D eigenvalue weighted by atomic mass is 16.5. The van der Waals surface area contributed by atoms with Gasteiger partial charge < -0.3 is 9.47 Å². The van der Waals surface area contributed by atoms with Crippen molar-refractivity contribution in [2.24, 2.45) is 0 Å². The molecule has 0 aromatic rings. The van der Waals surface area contributed by atoms with Crippen LogP contribution in [0.4, 0.5) is 0 Å². The van der Waals surface area contributed by atoms with Gasteiger partial charge in [-0.05, 0) is 6.42 Å². The molecule has 0 aromatic heterocycles. The maximum atomic E-state index is 5.22. The zero-order valence-corrected chi connectivity index (χ0v) is 7.35. The number of unbranched alkanes of at least 4 members (excludes halogenated alkanes) is 1. The number of hydrogen-bond donors (Lipinski definition) is 0. The SMILES string of the molecule is C=C(OC)C(=C)OCCCC. The summed E-state index contributed by atoms with van der Waals surface area (Å²) in [5.41, 5.74) is 0. The van der Waals surface area contributed by atoms with Gasteiger partial charge in [0.15, 0.2) is 11.5 Å². The van der Waals surface area contributed by atoms with Gasteiger partial charge in [-0.3, -0.25) is 0 Å². The van der Waals surface area contributed by atoms with Crippen molar-refractivity contribution in [3.05, 3.63) is 24.7 Å². The topological polar surface area (TPSA) is 18.5 Å². The van der Waals surface area contributed by atoms with Crippen LogP contribution in [-0.2, 0) is 9.47 Å². The number of hydrogen-bond acceptors (Lipinski definition) is 2. The summed E-state index contributed by atoms with van der Waals surface area (Å²) in [6, 6.07) is 0. The molecule has 0 rings (SSSR count). The van der Waals surface area contributed by atoms with E-state index in [9.17, 15) is 0 Å². The van der Waals surface area contributed by atoms with Crippen LogP contribution < -0.4 is 0 Å². The van der Waals surface area contributed by atoms with Crippen LogP contribution in [0.15, 0.2) is 24.7 Å². The van der Waals surface area contributed by atoms with E-state index in [4.69, 9.17) is 9.47 Å². The van der Waals surface area contributed by atoms with E-state index < -0.39 is 0 Å². The van der Waals surface area contributed by atoms with Crippen molar-refractivity contribution >= 4 is 0 Å². The van der Waals surface area contributed by atoms with E-state index in [-0.39, 0.29) is 0 Å². The molecule has 64 valence electrons. The molecule has 0 bridgehead atoms. The molecule has 2 nitrogen and oxygen atoms in total. The van der Waals surface area contributed by atoms with Gasteiger partial charge >= 0.3 is 0 Å². The molecule has 0 fully saturated rings. The van der Waals surface area contributed by atoms with Crippen molar-refractivity contribution in [2.75, 3.05) is 13.7 Å². The van der Waals surface area contributed by atoms with Crippen LogP contribution in [-0.4, -0.2) is 13.7 Å². The molecule has 0 aliphatic carbocycles. The van der Waals surface area contributed by atoms with E-state index in [1.54, 1.807) is 7.11 Å². The fourth-order valence-corrected chi connectivity index (χ4v) is 0.534. The highest BCUT2D eigenvalue weighted by Crippen LogP contribution is 2.07. The molecule has 0 aliphatic heterocycles. The van der Waals surface area contributed by atoms with E-state index >= 15 is 0 Å². The Morgan fingerprint density at radius 1 is 1.27 bits per heavy atom. The summed E-state index contributed by atoms with van der Waals surface area (Å²) >= 11 is 0. The normalized spacial score (nSPS) is 8.91. The summed E-state index contributed by atoms with van der Waals surface area (Å²) < 4.78 is 10.0. The van der Waals surface area contributed by atoms with Gasteiger partial charge in [0.1, 0.15) is 0 Å². The van der Waals surface area contributed by atoms with Crippen LogP contribution in [0, 0.1) is 0 Å². The summed E-state index contributed by atoms with van der Waals surface area (Å²) in [5, 5.41) is 0. The lowest BCUT2D eigenvalue weighted by Crippen LogP contribution is -1.97. The molecule has 0 aliphatic rings. The first-order valence-corrected chi connectivity index (χ1v) is 3.77. The van der Waals surface area contributed by atoms with Crippen molar-refractivity contribution in [3.63, 3.8) is 0 Å². The number of ether oxygens (including phenoxy) is 2. The lowest BCUT2D eigenvalue weighted by Gasteiger charge is -2.09. The predicted octanol–water partition coefficient (Wildman–Crippen LogP) is 2.48. The monoisotopic (exact) mass is 156 g/mol. The van der Waals surface area contributed by atoms with Gasteiger partial charge in [0.25, 0.3) is 0 Å². The maximum absolute atomic E-state index is 5.22. The molecule has 0 N–H and O–H groups in total. The van der Waals surface area contributed by atoms with Crippen LogP contribution in [0.2, 0.25) is 0 Å². The molecule has 11 heavy (non-hydrogen) atoms. The summed E-state index contributed by atoms with van der Waals surface area (Å²) in [6.07, 6.45) is 2.16. The molecule has 0 saturated heterocycles. The lowest BCUT2D eigenvalue weighted by molar-refractivity contribution is 0.175. The Kier molecular flexibility index (Phi) is 5.35. The Balaban J connectivity index is 3.44. The van der Waals surface area contributed by atoms with Gasteiger partial charge in [0.2, 0.25) is 0 Å². The van der Waals surface area contributed by atoms with E-state index in [0.29, 0.717) is 18.1 Å². The van der Waals surface area contributed by atoms with E-state index in [2.05, 4.69) is 20.1 Å². The van der Waals surface area contributed by atoms with Crippen LogP contribution in [0.25, 0.3) is 0 Å². The standard InChI is InChI=1S/C9H16O2/c1-5-6-7-11-9(3)8(2)10-4/h2-3,5-7H2,1,4H3. The Hall–Kier alpha value is -0.920. The van der Waals surface area contributed by atoms with Gasteiger partial charge in [-0.1, -0.05) is 26.5 Å². The summed E-state index contributed by atoms with van der Waals surface area (Å²) in [6.45, 7) is 10.1. The predicted molar refractivity (Wildman–Crippen MR) is 46.1 cm³/mol. The smallest absolute Gasteiger partial charge is 0.153 e. The molecule has 0 atom stereocenters. The largest absolute Gasteiger partial charge is 0.494 e. The first-order valence-electron chi connectivity index (χ1n) is 3.77. The molecule has 0 saturated carbocycles.